The Morgan fingerprint density at radius 1 is 0.370 bits per heavy atom. The third-order valence-corrected chi connectivity index (χ3v) is 19.0. The summed E-state index contributed by atoms with van der Waals surface area (Å²) in [7, 11) is 0. The molecule has 0 bridgehead atoms. The molecule has 0 radical (unpaired) electrons. The lowest BCUT2D eigenvalue weighted by Crippen LogP contribution is -2.09. The van der Waals surface area contributed by atoms with Crippen molar-refractivity contribution in [2.24, 2.45) is 0 Å². The van der Waals surface area contributed by atoms with Crippen molar-refractivity contribution in [2.75, 3.05) is 0 Å². The van der Waals surface area contributed by atoms with Crippen LogP contribution in [0.2, 0.25) is 0 Å². The maximum Gasteiger partial charge on any atom is 0.220 e. The van der Waals surface area contributed by atoms with Crippen molar-refractivity contribution in [3.05, 3.63) is 260 Å². The molecule has 0 atom stereocenters. The molecule has 17 aromatic rings. The summed E-state index contributed by atoms with van der Waals surface area (Å²) >= 11 is 3.58. The Morgan fingerprint density at radius 2 is 0.840 bits per heavy atom. The smallest absolute Gasteiger partial charge is 0.220 e. The van der Waals surface area contributed by atoms with Gasteiger partial charge in [0.1, 0.15) is 11.7 Å². The molecule has 0 N–H and O–H groups in total. The highest BCUT2D eigenvalue weighted by Crippen LogP contribution is 2.56. The van der Waals surface area contributed by atoms with Gasteiger partial charge in [0.15, 0.2) is 5.58 Å². The molecule has 374 valence electrons. The topological polar surface area (TPSA) is 51.1 Å². The summed E-state index contributed by atoms with van der Waals surface area (Å²) < 4.78 is 16.9. The summed E-state index contributed by atoms with van der Waals surface area (Å²) in [4.78, 5) is 4.71. The SMILES string of the molecule is [C-]#[N+]c1c(-c2ccccc2)c(C#N)c(-n2c3ccccc3c3ccc4c5cccc(-c6ccccc6-c6ccccc6)c5oc4c32)c(-c2ccccc2)c1-n1c2c(ccc3c4ccccc4sc32)c2ccc3c4ccccc4sc3c21. The zero-order valence-electron chi connectivity index (χ0n) is 43.1. The van der Waals surface area contributed by atoms with Gasteiger partial charge in [-0.1, -0.05) is 218 Å². The molecule has 0 amide bonds. The standard InChI is InChI=1S/C74H40N4OS2/c1-76-65-63(44-22-7-3-8-23-44)59(42-75)66(77-60-33-16-13-28-48(60)51-36-39-56-55-32-19-31-54(71(55)79-72(56)67(51)77)47-27-12-11-26-46(47)43-20-5-2-6-21-43)64(45-24-9-4-10-25-45)70(65)78-68-52(37-40-57-49-29-14-17-34-61(49)80-73(57)68)53-38-41-58-50-30-15-18-35-62(50)81-74(58)69(53)78/h2-41H. The van der Waals surface area contributed by atoms with Gasteiger partial charge in [0.25, 0.3) is 0 Å². The molecule has 12 aromatic carbocycles. The second-order valence-corrected chi connectivity index (χ2v) is 22.8. The van der Waals surface area contributed by atoms with Gasteiger partial charge in [-0.05, 0) is 52.1 Å². The molecule has 0 saturated heterocycles. The third-order valence-electron chi connectivity index (χ3n) is 16.6. The molecular formula is C74H40N4OS2. The number of nitrogens with zero attached hydrogens (tertiary/aromatic N) is 4. The number of fused-ring (bicyclic) bond motifs is 18. The highest BCUT2D eigenvalue weighted by Gasteiger charge is 2.34. The lowest BCUT2D eigenvalue weighted by Gasteiger charge is -2.26. The van der Waals surface area contributed by atoms with Crippen LogP contribution in [0.4, 0.5) is 5.69 Å². The zero-order chi connectivity index (χ0) is 53.4. The fourth-order valence-corrected chi connectivity index (χ4v) is 15.7. The Morgan fingerprint density at radius 3 is 1.46 bits per heavy atom. The van der Waals surface area contributed by atoms with E-state index in [-0.39, 0.29) is 0 Å². The van der Waals surface area contributed by atoms with E-state index in [4.69, 9.17) is 9.26 Å². The first kappa shape index (κ1) is 45.5. The number of nitriles is 1. The van der Waals surface area contributed by atoms with Crippen molar-refractivity contribution in [3.63, 3.8) is 0 Å². The fourth-order valence-electron chi connectivity index (χ4n) is 13.2. The highest BCUT2D eigenvalue weighted by molar-refractivity contribution is 7.27. The molecule has 0 unspecified atom stereocenters. The molecule has 0 aliphatic heterocycles. The van der Waals surface area contributed by atoms with Crippen molar-refractivity contribution in [1.29, 1.82) is 5.26 Å². The van der Waals surface area contributed by atoms with E-state index in [1.807, 2.05) is 36.4 Å². The summed E-state index contributed by atoms with van der Waals surface area (Å²) in [5.41, 5.74) is 14.7. The van der Waals surface area contributed by atoms with E-state index in [0.717, 1.165) is 119 Å². The number of rotatable bonds is 6. The molecule has 17 rings (SSSR count). The van der Waals surface area contributed by atoms with Crippen LogP contribution in [0.1, 0.15) is 5.56 Å². The van der Waals surface area contributed by atoms with Gasteiger partial charge in [-0.15, -0.1) is 22.7 Å². The Hall–Kier alpha value is -10.5. The minimum Gasteiger partial charge on any atom is -0.453 e. The number of benzene rings is 12. The van der Waals surface area contributed by atoms with Gasteiger partial charge in [-0.3, -0.25) is 0 Å². The van der Waals surface area contributed by atoms with Crippen molar-refractivity contribution in [1.82, 2.24) is 9.13 Å². The fraction of sp³-hybridized carbons (Fsp3) is 0. The van der Waals surface area contributed by atoms with Crippen molar-refractivity contribution < 1.29 is 4.42 Å². The molecule has 0 fully saturated rings. The van der Waals surface area contributed by atoms with Gasteiger partial charge in [0.05, 0.1) is 55.0 Å². The number of furan rings is 1. The monoisotopic (exact) mass is 1060 g/mol. The van der Waals surface area contributed by atoms with E-state index in [9.17, 15) is 11.8 Å². The summed E-state index contributed by atoms with van der Waals surface area (Å²) in [6, 6.07) is 88.3. The zero-order valence-corrected chi connectivity index (χ0v) is 44.7. The van der Waals surface area contributed by atoms with E-state index < -0.39 is 0 Å². The Balaban J connectivity index is 1.11. The summed E-state index contributed by atoms with van der Waals surface area (Å²) in [6.07, 6.45) is 0. The highest BCUT2D eigenvalue weighted by atomic mass is 32.1. The van der Waals surface area contributed by atoms with Gasteiger partial charge >= 0.3 is 0 Å². The third kappa shape index (κ3) is 6.39. The summed E-state index contributed by atoms with van der Waals surface area (Å²) in [5, 5.41) is 23.2. The second-order valence-electron chi connectivity index (χ2n) is 20.7. The molecule has 0 saturated carbocycles. The molecular weight excluding hydrogens is 1020 g/mol. The molecule has 5 aromatic heterocycles. The van der Waals surface area contributed by atoms with Gasteiger partial charge < -0.3 is 13.6 Å². The summed E-state index contributed by atoms with van der Waals surface area (Å²) in [6.45, 7) is 9.65. The van der Waals surface area contributed by atoms with Crippen LogP contribution in [0.5, 0.6) is 0 Å². The van der Waals surface area contributed by atoms with Crippen molar-refractivity contribution in [3.8, 4) is 62.0 Å². The average Bonchev–Trinajstić information content (AvgIpc) is 2.92. The number of hydrogen-bond donors (Lipinski definition) is 0. The molecule has 0 spiro atoms. The predicted molar refractivity (Wildman–Crippen MR) is 341 cm³/mol. The maximum atomic E-state index is 12.3. The first-order valence-electron chi connectivity index (χ1n) is 27.0. The van der Waals surface area contributed by atoms with Crippen LogP contribution in [-0.4, -0.2) is 9.13 Å². The Bertz CT molecular complexity index is 5480. The first-order chi connectivity index (χ1) is 40.2. The van der Waals surface area contributed by atoms with E-state index in [1.165, 1.54) is 20.2 Å². The lowest BCUT2D eigenvalue weighted by atomic mass is 9.88. The van der Waals surface area contributed by atoms with E-state index in [2.05, 4.69) is 221 Å². The number of hydrogen-bond acceptors (Lipinski definition) is 4. The number of thiophene rings is 2. The predicted octanol–water partition coefficient (Wildman–Crippen LogP) is 21.6. The minimum atomic E-state index is 0.392. The molecule has 0 aliphatic rings. The maximum absolute atomic E-state index is 12.3. The molecule has 5 nitrogen and oxygen atoms in total. The molecule has 0 aliphatic carbocycles. The normalized spacial score (nSPS) is 11.9. The van der Waals surface area contributed by atoms with Gasteiger partial charge in [0, 0.05) is 80.0 Å². The molecule has 7 heteroatoms. The lowest BCUT2D eigenvalue weighted by molar-refractivity contribution is 0.672. The second kappa shape index (κ2) is 17.5. The number of para-hydroxylation sites is 2. The van der Waals surface area contributed by atoms with E-state index in [1.54, 1.807) is 22.7 Å². The van der Waals surface area contributed by atoms with Gasteiger partial charge in [-0.2, -0.15) is 5.26 Å². The average molecular weight is 1070 g/mol. The number of aromatic nitrogens is 2. The van der Waals surface area contributed by atoms with Crippen molar-refractivity contribution in [2.45, 2.75) is 0 Å². The Labute approximate surface area is 471 Å². The Kier molecular flexibility index (Phi) is 9.82. The van der Waals surface area contributed by atoms with Crippen LogP contribution in [0.25, 0.3) is 167 Å². The van der Waals surface area contributed by atoms with Crippen molar-refractivity contribution >= 4 is 134 Å². The molecule has 5 heterocycles. The van der Waals surface area contributed by atoms with E-state index in [0.29, 0.717) is 33.8 Å². The largest absolute Gasteiger partial charge is 0.453 e. The van der Waals surface area contributed by atoms with Crippen LogP contribution in [-0.2, 0) is 0 Å². The minimum absolute atomic E-state index is 0.392. The van der Waals surface area contributed by atoms with Crippen LogP contribution in [0.15, 0.2) is 247 Å². The van der Waals surface area contributed by atoms with Crippen LogP contribution >= 0.6 is 22.7 Å². The van der Waals surface area contributed by atoms with Gasteiger partial charge in [-0.25, -0.2) is 4.85 Å². The molecule has 81 heavy (non-hydrogen) atoms. The van der Waals surface area contributed by atoms with Gasteiger partial charge in [0.2, 0.25) is 5.69 Å². The quantitative estimate of drug-likeness (QED) is 0.156. The first-order valence-corrected chi connectivity index (χ1v) is 28.6. The summed E-state index contributed by atoms with van der Waals surface area (Å²) in [5.74, 6) is 0. The van der Waals surface area contributed by atoms with Crippen LogP contribution in [0.3, 0.4) is 0 Å². The van der Waals surface area contributed by atoms with Crippen LogP contribution in [0, 0.1) is 17.9 Å². The van der Waals surface area contributed by atoms with Crippen LogP contribution < -0.4 is 0 Å². The van der Waals surface area contributed by atoms with E-state index >= 15 is 0 Å².